The fourth-order valence-corrected chi connectivity index (χ4v) is 3.40. The molecule has 4 rings (SSSR count). The number of H-pyrrole nitrogens is 1. The molecule has 2 heterocycles. The van der Waals surface area contributed by atoms with Crippen molar-refractivity contribution in [3.8, 4) is 11.3 Å². The molecule has 0 saturated heterocycles. The number of halogens is 1. The molecular formula is C17H19FN6O. The number of aliphatic hydroxyl groups is 1. The Morgan fingerprint density at radius 1 is 1.28 bits per heavy atom. The highest BCUT2D eigenvalue weighted by atomic mass is 19.1. The molecular weight excluding hydrogens is 323 g/mol. The Labute approximate surface area is 143 Å². The van der Waals surface area contributed by atoms with Gasteiger partial charge in [-0.1, -0.05) is 0 Å². The lowest BCUT2D eigenvalue weighted by molar-refractivity contribution is 0.124. The SMILES string of the molecule is Nc1nc(N[C@H]2CCC[C@@H](O)C2)c2c(F)cc(-c3cc[nH]n3)cc2n1. The predicted molar refractivity (Wildman–Crippen MR) is 93.4 cm³/mol. The Morgan fingerprint density at radius 2 is 2.16 bits per heavy atom. The first kappa shape index (κ1) is 15.8. The third kappa shape index (κ3) is 3.12. The van der Waals surface area contributed by atoms with Crippen molar-refractivity contribution in [1.82, 2.24) is 20.2 Å². The Morgan fingerprint density at radius 3 is 2.92 bits per heavy atom. The number of nitrogen functional groups attached to an aromatic ring is 1. The normalized spacial score (nSPS) is 20.7. The smallest absolute Gasteiger partial charge is 0.222 e. The molecule has 0 amide bonds. The van der Waals surface area contributed by atoms with E-state index in [1.807, 2.05) is 0 Å². The van der Waals surface area contributed by atoms with Crippen LogP contribution in [0.5, 0.6) is 0 Å². The summed E-state index contributed by atoms with van der Waals surface area (Å²) < 4.78 is 14.8. The second-order valence-corrected chi connectivity index (χ2v) is 6.40. The highest BCUT2D eigenvalue weighted by Crippen LogP contribution is 2.31. The Hall–Kier alpha value is -2.74. The van der Waals surface area contributed by atoms with E-state index in [-0.39, 0.29) is 18.1 Å². The van der Waals surface area contributed by atoms with Gasteiger partial charge in [-0.2, -0.15) is 10.1 Å². The van der Waals surface area contributed by atoms with Gasteiger partial charge in [-0.25, -0.2) is 9.37 Å². The first-order valence-electron chi connectivity index (χ1n) is 8.31. The van der Waals surface area contributed by atoms with Gasteiger partial charge in [0.2, 0.25) is 5.95 Å². The van der Waals surface area contributed by atoms with Crippen LogP contribution in [-0.2, 0) is 0 Å². The maximum Gasteiger partial charge on any atom is 0.222 e. The number of nitrogens with zero attached hydrogens (tertiary/aromatic N) is 3. The maximum absolute atomic E-state index is 14.8. The minimum absolute atomic E-state index is 0.0340. The Bertz CT molecular complexity index is 898. The Balaban J connectivity index is 1.76. The summed E-state index contributed by atoms with van der Waals surface area (Å²) in [6.45, 7) is 0. The van der Waals surface area contributed by atoms with Gasteiger partial charge >= 0.3 is 0 Å². The molecule has 25 heavy (non-hydrogen) atoms. The number of fused-ring (bicyclic) bond motifs is 1. The third-order valence-electron chi connectivity index (χ3n) is 4.55. The van der Waals surface area contributed by atoms with Gasteiger partial charge in [-0.3, -0.25) is 5.10 Å². The van der Waals surface area contributed by atoms with E-state index in [9.17, 15) is 9.50 Å². The molecule has 130 valence electrons. The van der Waals surface area contributed by atoms with Crippen LogP contribution in [0.2, 0.25) is 0 Å². The lowest BCUT2D eigenvalue weighted by Gasteiger charge is -2.27. The van der Waals surface area contributed by atoms with Gasteiger partial charge in [0.1, 0.15) is 11.6 Å². The summed E-state index contributed by atoms with van der Waals surface area (Å²) in [4.78, 5) is 8.36. The number of nitrogens with one attached hydrogen (secondary N) is 2. The van der Waals surface area contributed by atoms with Crippen LogP contribution in [0.15, 0.2) is 24.4 Å². The van der Waals surface area contributed by atoms with Gasteiger partial charge < -0.3 is 16.2 Å². The quantitative estimate of drug-likeness (QED) is 0.581. The van der Waals surface area contributed by atoms with E-state index in [2.05, 4.69) is 25.5 Å². The second-order valence-electron chi connectivity index (χ2n) is 6.40. The average Bonchev–Trinajstić information content (AvgIpc) is 3.08. The van der Waals surface area contributed by atoms with Crippen molar-refractivity contribution in [3.05, 3.63) is 30.2 Å². The van der Waals surface area contributed by atoms with E-state index >= 15 is 0 Å². The van der Waals surface area contributed by atoms with Crippen LogP contribution in [0.25, 0.3) is 22.2 Å². The predicted octanol–water partition coefficient (Wildman–Crippen LogP) is 2.46. The van der Waals surface area contributed by atoms with Crippen LogP contribution < -0.4 is 11.1 Å². The van der Waals surface area contributed by atoms with Gasteiger partial charge in [-0.05, 0) is 43.9 Å². The molecule has 0 bridgehead atoms. The number of hydrogen-bond acceptors (Lipinski definition) is 6. The molecule has 0 radical (unpaired) electrons. The highest BCUT2D eigenvalue weighted by molar-refractivity contribution is 5.93. The summed E-state index contributed by atoms with van der Waals surface area (Å²) in [7, 11) is 0. The third-order valence-corrected chi connectivity index (χ3v) is 4.55. The topological polar surface area (TPSA) is 113 Å². The number of anilines is 2. The van der Waals surface area contributed by atoms with Crippen LogP contribution >= 0.6 is 0 Å². The molecule has 1 aliphatic carbocycles. The van der Waals surface area contributed by atoms with Crippen molar-refractivity contribution in [2.45, 2.75) is 37.8 Å². The van der Waals surface area contributed by atoms with E-state index in [4.69, 9.17) is 5.73 Å². The minimum Gasteiger partial charge on any atom is -0.393 e. The Kier molecular flexibility index (Phi) is 3.96. The molecule has 2 aromatic heterocycles. The fourth-order valence-electron chi connectivity index (χ4n) is 3.40. The van der Waals surface area contributed by atoms with Gasteiger partial charge in [0.25, 0.3) is 0 Å². The number of nitrogens with two attached hydrogens (primary N) is 1. The van der Waals surface area contributed by atoms with E-state index < -0.39 is 5.82 Å². The molecule has 2 atom stereocenters. The van der Waals surface area contributed by atoms with Gasteiger partial charge in [-0.15, -0.1) is 0 Å². The summed E-state index contributed by atoms with van der Waals surface area (Å²) in [6, 6.07) is 4.95. The van der Waals surface area contributed by atoms with Crippen molar-refractivity contribution >= 4 is 22.7 Å². The van der Waals surface area contributed by atoms with Crippen LogP contribution in [0.4, 0.5) is 16.2 Å². The molecule has 0 aliphatic heterocycles. The zero-order valence-electron chi connectivity index (χ0n) is 13.5. The first-order valence-corrected chi connectivity index (χ1v) is 8.31. The van der Waals surface area contributed by atoms with Crippen molar-refractivity contribution in [1.29, 1.82) is 0 Å². The maximum atomic E-state index is 14.8. The number of aliphatic hydroxyl groups excluding tert-OH is 1. The fraction of sp³-hybridized carbons (Fsp3) is 0.353. The van der Waals surface area contributed by atoms with Gasteiger partial charge in [0.15, 0.2) is 0 Å². The van der Waals surface area contributed by atoms with Crippen LogP contribution in [-0.4, -0.2) is 37.4 Å². The summed E-state index contributed by atoms with van der Waals surface area (Å²) in [6.07, 6.45) is 4.56. The van der Waals surface area contributed by atoms with E-state index in [0.29, 0.717) is 34.4 Å². The molecule has 1 aliphatic rings. The number of rotatable bonds is 3. The summed E-state index contributed by atoms with van der Waals surface area (Å²) in [5, 5.41) is 20.2. The molecule has 1 saturated carbocycles. The summed E-state index contributed by atoms with van der Waals surface area (Å²) >= 11 is 0. The first-order chi connectivity index (χ1) is 12.1. The largest absolute Gasteiger partial charge is 0.393 e. The minimum atomic E-state index is -0.436. The zero-order chi connectivity index (χ0) is 17.4. The molecule has 3 aromatic rings. The monoisotopic (exact) mass is 342 g/mol. The average molecular weight is 342 g/mol. The molecule has 8 heteroatoms. The van der Waals surface area contributed by atoms with Crippen molar-refractivity contribution < 1.29 is 9.50 Å². The molecule has 1 aromatic carbocycles. The molecule has 5 N–H and O–H groups in total. The van der Waals surface area contributed by atoms with Crippen molar-refractivity contribution in [3.63, 3.8) is 0 Å². The van der Waals surface area contributed by atoms with Gasteiger partial charge in [0, 0.05) is 17.8 Å². The highest BCUT2D eigenvalue weighted by Gasteiger charge is 2.22. The van der Waals surface area contributed by atoms with Crippen LogP contribution in [0.3, 0.4) is 0 Å². The standard InChI is InChI=1S/C17H19FN6O/c18-12-6-9(13-4-5-20-24-13)7-14-15(12)16(23-17(19)22-14)21-10-2-1-3-11(25)8-10/h4-7,10-11,25H,1-3,8H2,(H,20,24)(H3,19,21,22,23)/t10-,11+/m0/s1. The van der Waals surface area contributed by atoms with Crippen LogP contribution in [0.1, 0.15) is 25.7 Å². The number of benzene rings is 1. The number of aromatic amines is 1. The number of hydrogen-bond donors (Lipinski definition) is 4. The molecule has 1 fully saturated rings. The zero-order valence-corrected chi connectivity index (χ0v) is 13.5. The van der Waals surface area contributed by atoms with E-state index in [1.165, 1.54) is 6.07 Å². The van der Waals surface area contributed by atoms with E-state index in [0.717, 1.165) is 19.3 Å². The molecule has 7 nitrogen and oxygen atoms in total. The number of aromatic nitrogens is 4. The molecule has 0 spiro atoms. The van der Waals surface area contributed by atoms with Crippen molar-refractivity contribution in [2.24, 2.45) is 0 Å². The lowest BCUT2D eigenvalue weighted by atomic mass is 9.93. The summed E-state index contributed by atoms with van der Waals surface area (Å²) in [5.41, 5.74) is 7.48. The van der Waals surface area contributed by atoms with E-state index in [1.54, 1.807) is 18.3 Å². The lowest BCUT2D eigenvalue weighted by Crippen LogP contribution is -2.30. The second kappa shape index (κ2) is 6.29. The van der Waals surface area contributed by atoms with Gasteiger partial charge in [0.05, 0.1) is 22.7 Å². The van der Waals surface area contributed by atoms with Crippen molar-refractivity contribution in [2.75, 3.05) is 11.1 Å². The molecule has 0 unspecified atom stereocenters. The van der Waals surface area contributed by atoms with Crippen LogP contribution in [0, 0.1) is 5.82 Å². The summed E-state index contributed by atoms with van der Waals surface area (Å²) in [5.74, 6) is 0.00646.